The Hall–Kier alpha value is -1.90. The summed E-state index contributed by atoms with van der Waals surface area (Å²) in [7, 11) is -7.32. The van der Waals surface area contributed by atoms with E-state index in [9.17, 15) is 16.8 Å². The molecule has 30 heavy (non-hydrogen) atoms. The second-order valence-corrected chi connectivity index (χ2v) is 12.0. The van der Waals surface area contributed by atoms with Gasteiger partial charge in [0.1, 0.15) is 5.75 Å². The van der Waals surface area contributed by atoms with E-state index in [4.69, 9.17) is 4.18 Å². The van der Waals surface area contributed by atoms with E-state index in [0.29, 0.717) is 6.42 Å². The summed E-state index contributed by atoms with van der Waals surface area (Å²) >= 11 is 0. The van der Waals surface area contributed by atoms with Gasteiger partial charge in [0.15, 0.2) is 0 Å². The van der Waals surface area contributed by atoms with Crippen molar-refractivity contribution < 1.29 is 21.0 Å². The van der Waals surface area contributed by atoms with Gasteiger partial charge in [-0.25, -0.2) is 8.42 Å². The molecule has 0 saturated heterocycles. The molecule has 0 spiro atoms. The maximum atomic E-state index is 13.4. The van der Waals surface area contributed by atoms with Crippen LogP contribution in [0.4, 0.5) is 0 Å². The first-order valence-electron chi connectivity index (χ1n) is 9.85. The van der Waals surface area contributed by atoms with Crippen molar-refractivity contribution in [2.24, 2.45) is 0 Å². The highest BCUT2D eigenvalue weighted by molar-refractivity contribution is 7.89. The third-order valence-corrected chi connectivity index (χ3v) is 7.39. The van der Waals surface area contributed by atoms with Gasteiger partial charge in [0.25, 0.3) is 0 Å². The predicted octanol–water partition coefficient (Wildman–Crippen LogP) is 4.31. The lowest BCUT2D eigenvalue weighted by Crippen LogP contribution is -2.37. The summed E-state index contributed by atoms with van der Waals surface area (Å²) in [6.07, 6.45) is 1.64. The molecular formula is C22H31NO5S2. The van der Waals surface area contributed by atoms with Crippen LogP contribution in [0.1, 0.15) is 52.2 Å². The lowest BCUT2D eigenvalue weighted by molar-refractivity contribution is 0.323. The minimum Gasteiger partial charge on any atom is -0.383 e. The Morgan fingerprint density at radius 2 is 1.47 bits per heavy atom. The van der Waals surface area contributed by atoms with Crippen molar-refractivity contribution in [2.75, 3.05) is 6.26 Å². The highest BCUT2D eigenvalue weighted by atomic mass is 32.2. The summed E-state index contributed by atoms with van der Waals surface area (Å²) in [6, 6.07) is 13.2. The van der Waals surface area contributed by atoms with Crippen LogP contribution in [-0.2, 0) is 32.1 Å². The second kappa shape index (κ2) is 9.08. The molecule has 8 heteroatoms. The van der Waals surface area contributed by atoms with Gasteiger partial charge in [-0.15, -0.1) is 0 Å². The molecule has 0 aliphatic rings. The van der Waals surface area contributed by atoms with Gasteiger partial charge in [0, 0.05) is 12.6 Å². The third-order valence-electron chi connectivity index (χ3n) is 4.92. The van der Waals surface area contributed by atoms with Gasteiger partial charge in [0.05, 0.1) is 11.2 Å². The molecule has 0 heterocycles. The average molecular weight is 454 g/mol. The Bertz CT molecular complexity index is 1050. The number of rotatable bonds is 8. The van der Waals surface area contributed by atoms with E-state index < -0.39 is 20.1 Å². The van der Waals surface area contributed by atoms with Crippen LogP contribution in [0.2, 0.25) is 0 Å². The van der Waals surface area contributed by atoms with E-state index in [2.05, 4.69) is 20.8 Å². The van der Waals surface area contributed by atoms with Crippen LogP contribution in [0, 0.1) is 0 Å². The quantitative estimate of drug-likeness (QED) is 0.556. The van der Waals surface area contributed by atoms with Crippen molar-refractivity contribution in [2.45, 2.75) is 63.9 Å². The molecule has 0 radical (unpaired) electrons. The van der Waals surface area contributed by atoms with E-state index in [-0.39, 0.29) is 28.6 Å². The van der Waals surface area contributed by atoms with E-state index in [1.54, 1.807) is 24.3 Å². The maximum Gasteiger partial charge on any atom is 0.306 e. The second-order valence-electron chi connectivity index (χ2n) is 8.51. The number of benzene rings is 2. The molecule has 166 valence electrons. The molecule has 1 unspecified atom stereocenters. The first-order chi connectivity index (χ1) is 13.7. The monoisotopic (exact) mass is 453 g/mol. The summed E-state index contributed by atoms with van der Waals surface area (Å²) in [5, 5.41) is 0. The van der Waals surface area contributed by atoms with Gasteiger partial charge in [-0.2, -0.15) is 12.7 Å². The molecule has 2 aromatic carbocycles. The molecule has 6 nitrogen and oxygen atoms in total. The molecule has 2 aromatic rings. The molecule has 0 bridgehead atoms. The molecule has 1 atom stereocenters. The Balaban J connectivity index is 2.33. The van der Waals surface area contributed by atoms with Crippen LogP contribution in [0.5, 0.6) is 5.75 Å². The number of hydrogen-bond donors (Lipinski definition) is 0. The molecule has 0 amide bonds. The summed E-state index contributed by atoms with van der Waals surface area (Å²) < 4.78 is 55.6. The predicted molar refractivity (Wildman–Crippen MR) is 120 cm³/mol. The number of hydrogen-bond acceptors (Lipinski definition) is 5. The molecule has 0 saturated carbocycles. The van der Waals surface area contributed by atoms with E-state index in [1.807, 2.05) is 26.0 Å². The Kier molecular flexibility index (Phi) is 7.37. The normalized spacial score (nSPS) is 14.0. The molecular weight excluding hydrogens is 422 g/mol. The molecule has 0 fully saturated rings. The van der Waals surface area contributed by atoms with E-state index >= 15 is 0 Å². The lowest BCUT2D eigenvalue weighted by Gasteiger charge is -2.28. The van der Waals surface area contributed by atoms with Crippen LogP contribution in [-0.4, -0.2) is 33.4 Å². The topological polar surface area (TPSA) is 80.8 Å². The summed E-state index contributed by atoms with van der Waals surface area (Å²) in [5.41, 5.74) is 1.75. The van der Waals surface area contributed by atoms with Crippen molar-refractivity contribution in [3.05, 3.63) is 59.7 Å². The maximum absolute atomic E-state index is 13.4. The van der Waals surface area contributed by atoms with Crippen LogP contribution >= 0.6 is 0 Å². The molecule has 0 aromatic heterocycles. The minimum absolute atomic E-state index is 0.0610. The molecule has 2 rings (SSSR count). The van der Waals surface area contributed by atoms with Crippen molar-refractivity contribution in [1.82, 2.24) is 4.31 Å². The largest absolute Gasteiger partial charge is 0.383 e. The zero-order chi connectivity index (χ0) is 22.7. The fraction of sp³-hybridized carbons (Fsp3) is 0.455. The van der Waals surface area contributed by atoms with Gasteiger partial charge >= 0.3 is 10.1 Å². The van der Waals surface area contributed by atoms with Gasteiger partial charge < -0.3 is 4.18 Å². The zero-order valence-electron chi connectivity index (χ0n) is 18.4. The van der Waals surface area contributed by atoms with Crippen molar-refractivity contribution in [1.29, 1.82) is 0 Å². The lowest BCUT2D eigenvalue weighted by atomic mass is 9.87. The highest BCUT2D eigenvalue weighted by Crippen LogP contribution is 2.27. The Morgan fingerprint density at radius 1 is 0.933 bits per heavy atom. The van der Waals surface area contributed by atoms with Crippen molar-refractivity contribution >= 4 is 20.1 Å². The van der Waals surface area contributed by atoms with Gasteiger partial charge in [-0.3, -0.25) is 0 Å². The number of nitrogens with zero attached hydrogens (tertiary/aromatic N) is 1. The average Bonchev–Trinajstić information content (AvgIpc) is 2.65. The fourth-order valence-corrected chi connectivity index (χ4v) is 5.10. The molecule has 0 aliphatic carbocycles. The third kappa shape index (κ3) is 6.30. The van der Waals surface area contributed by atoms with Crippen molar-refractivity contribution in [3.8, 4) is 5.75 Å². The van der Waals surface area contributed by atoms with E-state index in [0.717, 1.165) is 17.4 Å². The van der Waals surface area contributed by atoms with Crippen LogP contribution in [0.3, 0.4) is 0 Å². The first-order valence-corrected chi connectivity index (χ1v) is 13.1. The zero-order valence-corrected chi connectivity index (χ0v) is 20.0. The molecule has 0 N–H and O–H groups in total. The Labute approximate surface area is 181 Å². The van der Waals surface area contributed by atoms with Gasteiger partial charge in [0.2, 0.25) is 10.0 Å². The SMILES string of the molecule is CCC(C)N(Cc1ccc(OS(C)(=O)=O)cc1)S(=O)(=O)c1ccc(C(C)(C)C)cc1. The van der Waals surface area contributed by atoms with E-state index in [1.165, 1.54) is 16.4 Å². The highest BCUT2D eigenvalue weighted by Gasteiger charge is 2.29. The standard InChI is InChI=1S/C22H31NO5S2/c1-7-17(2)23(16-18-8-12-20(13-9-18)28-29(6,24)25)30(26,27)21-14-10-19(11-15-21)22(3,4)5/h8-15,17H,7,16H2,1-6H3. The smallest absolute Gasteiger partial charge is 0.306 e. The minimum atomic E-state index is -3.71. The summed E-state index contributed by atoms with van der Waals surface area (Å²) in [4.78, 5) is 0.257. The number of sulfonamides is 1. The first kappa shape index (κ1) is 24.4. The van der Waals surface area contributed by atoms with Crippen LogP contribution in [0.25, 0.3) is 0 Å². The Morgan fingerprint density at radius 3 is 1.90 bits per heavy atom. The van der Waals surface area contributed by atoms with Crippen molar-refractivity contribution in [3.63, 3.8) is 0 Å². The summed E-state index contributed by atoms with van der Waals surface area (Å²) in [5.74, 6) is 0.192. The summed E-state index contributed by atoms with van der Waals surface area (Å²) in [6.45, 7) is 10.2. The van der Waals surface area contributed by atoms with Gasteiger partial charge in [-0.05, 0) is 54.2 Å². The van der Waals surface area contributed by atoms with Crippen LogP contribution < -0.4 is 4.18 Å². The molecule has 0 aliphatic heterocycles. The van der Waals surface area contributed by atoms with Gasteiger partial charge in [-0.1, -0.05) is 52.0 Å². The van der Waals surface area contributed by atoms with Crippen LogP contribution in [0.15, 0.2) is 53.4 Å². The fourth-order valence-electron chi connectivity index (χ4n) is 2.95.